The fourth-order valence-electron chi connectivity index (χ4n) is 1.55. The number of rotatable bonds is 6. The second-order valence-corrected chi connectivity index (χ2v) is 5.71. The van der Waals surface area contributed by atoms with E-state index in [-0.39, 0.29) is 16.6 Å². The van der Waals surface area contributed by atoms with Crippen molar-refractivity contribution in [1.82, 2.24) is 5.32 Å². The van der Waals surface area contributed by atoms with Crippen molar-refractivity contribution in [1.29, 1.82) is 0 Å². The maximum Gasteiger partial charge on any atom is 0.337 e. The third-order valence-corrected chi connectivity index (χ3v) is 3.73. The highest BCUT2D eigenvalue weighted by atomic mass is 35.5. The lowest BCUT2D eigenvalue weighted by Gasteiger charge is -2.12. The van der Waals surface area contributed by atoms with Gasteiger partial charge in [-0.25, -0.2) is 9.59 Å². The zero-order chi connectivity index (χ0) is 15.1. The van der Waals surface area contributed by atoms with Crippen LogP contribution in [0.25, 0.3) is 0 Å². The minimum absolute atomic E-state index is 0.00576. The van der Waals surface area contributed by atoms with Gasteiger partial charge in [0.2, 0.25) is 0 Å². The normalized spacial score (nSPS) is 11.8. The number of benzene rings is 1. The van der Waals surface area contributed by atoms with Gasteiger partial charge < -0.3 is 15.7 Å². The molecule has 2 amide bonds. The van der Waals surface area contributed by atoms with Crippen LogP contribution in [0.1, 0.15) is 17.3 Å². The number of anilines is 1. The molecule has 3 N–H and O–H groups in total. The first-order valence-corrected chi connectivity index (χ1v) is 7.78. The van der Waals surface area contributed by atoms with Crippen LogP contribution in [0.4, 0.5) is 10.5 Å². The van der Waals surface area contributed by atoms with E-state index in [0.29, 0.717) is 18.2 Å². The van der Waals surface area contributed by atoms with E-state index in [1.165, 1.54) is 18.2 Å². The number of carbonyl (C=O) groups is 2. The molecule has 0 saturated heterocycles. The Morgan fingerprint density at radius 3 is 2.70 bits per heavy atom. The van der Waals surface area contributed by atoms with E-state index in [1.807, 2.05) is 6.26 Å². The second kappa shape index (κ2) is 8.01. The highest BCUT2D eigenvalue weighted by molar-refractivity contribution is 7.98. The van der Waals surface area contributed by atoms with Gasteiger partial charge in [-0.1, -0.05) is 18.5 Å². The molecule has 0 saturated carbocycles. The van der Waals surface area contributed by atoms with Gasteiger partial charge in [0.15, 0.2) is 0 Å². The summed E-state index contributed by atoms with van der Waals surface area (Å²) in [5, 5.41) is 14.3. The number of hydrogen-bond acceptors (Lipinski definition) is 3. The number of nitrogens with one attached hydrogen (secondary N) is 2. The van der Waals surface area contributed by atoms with Gasteiger partial charge in [-0.3, -0.25) is 0 Å². The minimum Gasteiger partial charge on any atom is -0.478 e. The highest BCUT2D eigenvalue weighted by Crippen LogP contribution is 2.20. The maximum absolute atomic E-state index is 11.7. The van der Waals surface area contributed by atoms with Gasteiger partial charge in [-0.05, 0) is 36.1 Å². The molecule has 110 valence electrons. The zero-order valence-electron chi connectivity index (χ0n) is 11.3. The summed E-state index contributed by atoms with van der Waals surface area (Å²) in [7, 11) is 0. The molecule has 0 fully saturated rings. The van der Waals surface area contributed by atoms with Crippen LogP contribution in [-0.2, 0) is 0 Å². The van der Waals surface area contributed by atoms with Crippen LogP contribution in [0.3, 0.4) is 0 Å². The summed E-state index contributed by atoms with van der Waals surface area (Å²) >= 11 is 7.55. The second-order valence-electron chi connectivity index (χ2n) is 4.40. The number of halogens is 1. The Morgan fingerprint density at radius 2 is 2.15 bits per heavy atom. The number of aromatic carboxylic acids is 1. The van der Waals surface area contributed by atoms with Crippen molar-refractivity contribution in [2.45, 2.75) is 6.92 Å². The van der Waals surface area contributed by atoms with Crippen molar-refractivity contribution >= 4 is 41.1 Å². The van der Waals surface area contributed by atoms with Gasteiger partial charge in [0.1, 0.15) is 0 Å². The predicted molar refractivity (Wildman–Crippen MR) is 83.0 cm³/mol. The molecule has 7 heteroatoms. The molecular formula is C13H17ClN2O3S. The summed E-state index contributed by atoms with van der Waals surface area (Å²) < 4.78 is 0. The molecule has 0 aliphatic heterocycles. The first kappa shape index (κ1) is 16.7. The molecule has 0 spiro atoms. The fourth-order valence-corrected chi connectivity index (χ4v) is 2.50. The lowest BCUT2D eigenvalue weighted by molar-refractivity contribution is 0.0697. The lowest BCUT2D eigenvalue weighted by atomic mass is 10.2. The smallest absolute Gasteiger partial charge is 0.337 e. The third-order valence-electron chi connectivity index (χ3n) is 2.52. The topological polar surface area (TPSA) is 78.4 Å². The van der Waals surface area contributed by atoms with E-state index in [2.05, 4.69) is 17.6 Å². The van der Waals surface area contributed by atoms with Gasteiger partial charge in [-0.15, -0.1) is 0 Å². The fraction of sp³-hybridized carbons (Fsp3) is 0.385. The SMILES string of the molecule is CSCC(C)CNC(=O)Nc1ccc(C(=O)O)c(Cl)c1. The molecule has 5 nitrogen and oxygen atoms in total. The summed E-state index contributed by atoms with van der Waals surface area (Å²) in [6, 6.07) is 3.93. The van der Waals surface area contributed by atoms with Crippen molar-refractivity contribution in [3.05, 3.63) is 28.8 Å². The van der Waals surface area contributed by atoms with E-state index in [1.54, 1.807) is 11.8 Å². The summed E-state index contributed by atoms with van der Waals surface area (Å²) in [6.07, 6.45) is 2.02. The minimum atomic E-state index is -1.10. The molecule has 1 aromatic rings. The maximum atomic E-state index is 11.7. The molecule has 1 atom stereocenters. The van der Waals surface area contributed by atoms with Gasteiger partial charge in [0.05, 0.1) is 10.6 Å². The molecule has 0 heterocycles. The Morgan fingerprint density at radius 1 is 1.45 bits per heavy atom. The Balaban J connectivity index is 2.54. The predicted octanol–water partition coefficient (Wildman–Crippen LogP) is 3.16. The molecule has 0 aromatic heterocycles. The standard InChI is InChI=1S/C13H17ClN2O3S/c1-8(7-20-2)6-15-13(19)16-9-3-4-10(12(17)18)11(14)5-9/h3-5,8H,6-7H2,1-2H3,(H,17,18)(H2,15,16,19). The van der Waals surface area contributed by atoms with Crippen LogP contribution in [0.5, 0.6) is 0 Å². The number of amides is 2. The molecule has 1 unspecified atom stereocenters. The van der Waals surface area contributed by atoms with Gasteiger partial charge in [0, 0.05) is 12.2 Å². The van der Waals surface area contributed by atoms with Crippen LogP contribution in [0.15, 0.2) is 18.2 Å². The molecular weight excluding hydrogens is 300 g/mol. The van der Waals surface area contributed by atoms with E-state index in [4.69, 9.17) is 16.7 Å². The van der Waals surface area contributed by atoms with Crippen molar-refractivity contribution in [2.75, 3.05) is 23.9 Å². The lowest BCUT2D eigenvalue weighted by Crippen LogP contribution is -2.32. The molecule has 0 radical (unpaired) electrons. The first-order chi connectivity index (χ1) is 9.43. The van der Waals surface area contributed by atoms with E-state index >= 15 is 0 Å². The third kappa shape index (κ3) is 5.30. The number of thioether (sulfide) groups is 1. The highest BCUT2D eigenvalue weighted by Gasteiger charge is 2.10. The number of carboxylic acids is 1. The summed E-state index contributed by atoms with van der Waals surface area (Å²) in [4.78, 5) is 22.5. The van der Waals surface area contributed by atoms with Crippen molar-refractivity contribution < 1.29 is 14.7 Å². The summed E-state index contributed by atoms with van der Waals surface area (Å²) in [5.41, 5.74) is 0.459. The van der Waals surface area contributed by atoms with Crippen LogP contribution in [-0.4, -0.2) is 35.7 Å². The van der Waals surface area contributed by atoms with E-state index in [0.717, 1.165) is 5.75 Å². The average Bonchev–Trinajstić information content (AvgIpc) is 2.36. The van der Waals surface area contributed by atoms with Gasteiger partial charge in [0.25, 0.3) is 0 Å². The molecule has 20 heavy (non-hydrogen) atoms. The van der Waals surface area contributed by atoms with Crippen molar-refractivity contribution in [3.63, 3.8) is 0 Å². The number of urea groups is 1. The zero-order valence-corrected chi connectivity index (χ0v) is 12.8. The van der Waals surface area contributed by atoms with E-state index in [9.17, 15) is 9.59 Å². The van der Waals surface area contributed by atoms with Crippen LogP contribution in [0.2, 0.25) is 5.02 Å². The van der Waals surface area contributed by atoms with Crippen molar-refractivity contribution in [3.8, 4) is 0 Å². The Kier molecular flexibility index (Phi) is 6.67. The summed E-state index contributed by atoms with van der Waals surface area (Å²) in [6.45, 7) is 2.63. The Labute approximate surface area is 127 Å². The molecule has 1 rings (SSSR count). The molecule has 0 aliphatic rings. The van der Waals surface area contributed by atoms with Crippen molar-refractivity contribution in [2.24, 2.45) is 5.92 Å². The van der Waals surface area contributed by atoms with Gasteiger partial charge in [-0.2, -0.15) is 11.8 Å². The molecule has 0 bridgehead atoms. The van der Waals surface area contributed by atoms with Crippen LogP contribution < -0.4 is 10.6 Å². The van der Waals surface area contributed by atoms with Gasteiger partial charge >= 0.3 is 12.0 Å². The summed E-state index contributed by atoms with van der Waals surface area (Å²) in [5.74, 6) is 0.255. The number of hydrogen-bond donors (Lipinski definition) is 3. The quantitative estimate of drug-likeness (QED) is 0.753. The monoisotopic (exact) mass is 316 g/mol. The average molecular weight is 317 g/mol. The Bertz CT molecular complexity index is 497. The van der Waals surface area contributed by atoms with Crippen LogP contribution in [0, 0.1) is 5.92 Å². The molecule has 0 aliphatic carbocycles. The Hall–Kier alpha value is -1.40. The first-order valence-electron chi connectivity index (χ1n) is 6.00. The van der Waals surface area contributed by atoms with E-state index < -0.39 is 5.97 Å². The largest absolute Gasteiger partial charge is 0.478 e. The number of carbonyl (C=O) groups excluding carboxylic acids is 1. The number of carboxylic acid groups (broad SMARTS) is 1. The van der Waals surface area contributed by atoms with Crippen LogP contribution >= 0.6 is 23.4 Å². The molecule has 1 aromatic carbocycles.